The third-order valence-corrected chi connectivity index (χ3v) is 5.41. The lowest BCUT2D eigenvalue weighted by Gasteiger charge is -2.14. The van der Waals surface area contributed by atoms with Gasteiger partial charge in [-0.3, -0.25) is 10.1 Å². The summed E-state index contributed by atoms with van der Waals surface area (Å²) in [6, 6.07) is 24.4. The molecule has 1 amide bonds. The third kappa shape index (κ3) is 5.32. The molecule has 0 aliphatic carbocycles. The summed E-state index contributed by atoms with van der Waals surface area (Å²) in [6.45, 7) is 3.55. The predicted octanol–water partition coefficient (Wildman–Crippen LogP) is 6.25. The van der Waals surface area contributed by atoms with Crippen molar-refractivity contribution in [3.63, 3.8) is 0 Å². The maximum atomic E-state index is 12.5. The highest BCUT2D eigenvalue weighted by atomic mass is 16.6. The fraction of sp³-hybridized carbons (Fsp3) is 0.148. The number of amides is 1. The van der Waals surface area contributed by atoms with E-state index in [2.05, 4.69) is 10.5 Å². The quantitative estimate of drug-likeness (QED) is 0.341. The first-order valence-electron chi connectivity index (χ1n) is 10.8. The van der Waals surface area contributed by atoms with E-state index in [1.807, 2.05) is 72.8 Å². The van der Waals surface area contributed by atoms with E-state index in [1.54, 1.807) is 19.9 Å². The topological polar surface area (TPSA) is 102 Å². The summed E-state index contributed by atoms with van der Waals surface area (Å²) in [5.41, 5.74) is 5.18. The Balaban J connectivity index is 1.50. The van der Waals surface area contributed by atoms with E-state index in [0.29, 0.717) is 17.1 Å². The lowest BCUT2D eigenvalue weighted by atomic mass is 10.00. The fourth-order valence-corrected chi connectivity index (χ4v) is 3.65. The average Bonchev–Trinajstić information content (AvgIpc) is 3.19. The number of nitrogens with one attached hydrogen (secondary N) is 1. The molecule has 7 heteroatoms. The van der Waals surface area contributed by atoms with Crippen LogP contribution in [0, 0.1) is 6.92 Å². The number of hydrogen-bond acceptors (Lipinski definition) is 5. The molecule has 1 heterocycles. The number of rotatable bonds is 7. The van der Waals surface area contributed by atoms with Crippen molar-refractivity contribution in [3.05, 3.63) is 95.7 Å². The molecule has 0 aliphatic heterocycles. The van der Waals surface area contributed by atoms with Gasteiger partial charge in [-0.1, -0.05) is 84.0 Å². The Morgan fingerprint density at radius 2 is 1.68 bits per heavy atom. The van der Waals surface area contributed by atoms with Gasteiger partial charge in [0.15, 0.2) is 5.76 Å². The molecular weight excluding hydrogens is 432 g/mol. The van der Waals surface area contributed by atoms with Crippen molar-refractivity contribution in [1.29, 1.82) is 0 Å². The Hall–Kier alpha value is -4.39. The first kappa shape index (κ1) is 22.8. The first-order valence-corrected chi connectivity index (χ1v) is 10.8. The maximum absolute atomic E-state index is 12.5. The molecule has 0 saturated carbocycles. The number of aromatic nitrogens is 1. The van der Waals surface area contributed by atoms with Crippen molar-refractivity contribution in [2.45, 2.75) is 26.4 Å². The van der Waals surface area contributed by atoms with E-state index in [1.165, 1.54) is 0 Å². The van der Waals surface area contributed by atoms with E-state index in [0.717, 1.165) is 27.8 Å². The molecule has 0 bridgehead atoms. The number of aliphatic carboxylic acids is 1. The Kier molecular flexibility index (Phi) is 6.73. The standard InChI is InChI=1S/C27H24N2O5/c1-17-25(28-27(32)33-18(2)20-8-4-3-5-9-20)26(34-29-17)22-13-11-21(12-14-22)23-10-6-7-19(15-23)16-24(30)31/h3-15,18H,16H2,1-2H3,(H,28,32)(H,30,31)/t18-/m1/s1. The normalized spacial score (nSPS) is 11.6. The molecule has 0 radical (unpaired) electrons. The molecule has 3 aromatic carbocycles. The zero-order chi connectivity index (χ0) is 24.1. The minimum Gasteiger partial charge on any atom is -0.481 e. The molecule has 4 aromatic rings. The minimum atomic E-state index is -0.870. The van der Waals surface area contributed by atoms with Crippen LogP contribution in [0.25, 0.3) is 22.5 Å². The summed E-state index contributed by atoms with van der Waals surface area (Å²) in [6.07, 6.45) is -1.05. The van der Waals surface area contributed by atoms with Crippen LogP contribution in [-0.4, -0.2) is 22.3 Å². The SMILES string of the molecule is Cc1noc(-c2ccc(-c3cccc(CC(=O)O)c3)cc2)c1NC(=O)O[C@H](C)c1ccccc1. The van der Waals surface area contributed by atoms with Crippen LogP contribution in [0.4, 0.5) is 10.5 Å². The summed E-state index contributed by atoms with van der Waals surface area (Å²) in [7, 11) is 0. The molecule has 4 rings (SSSR count). The van der Waals surface area contributed by atoms with Crippen LogP contribution in [0.5, 0.6) is 0 Å². The van der Waals surface area contributed by atoms with Crippen molar-refractivity contribution in [2.24, 2.45) is 0 Å². The van der Waals surface area contributed by atoms with Gasteiger partial charge in [-0.05, 0) is 36.1 Å². The Labute approximate surface area is 197 Å². The van der Waals surface area contributed by atoms with Crippen molar-refractivity contribution in [1.82, 2.24) is 5.16 Å². The van der Waals surface area contributed by atoms with Gasteiger partial charge in [0.25, 0.3) is 0 Å². The monoisotopic (exact) mass is 456 g/mol. The number of carbonyl (C=O) groups excluding carboxylic acids is 1. The number of ether oxygens (including phenoxy) is 1. The highest BCUT2D eigenvalue weighted by Crippen LogP contribution is 2.33. The van der Waals surface area contributed by atoms with Gasteiger partial charge in [-0.25, -0.2) is 4.79 Å². The number of carboxylic acids is 1. The van der Waals surface area contributed by atoms with Gasteiger partial charge >= 0.3 is 12.1 Å². The number of carboxylic acid groups (broad SMARTS) is 1. The van der Waals surface area contributed by atoms with Crippen LogP contribution in [-0.2, 0) is 16.0 Å². The highest BCUT2D eigenvalue weighted by Gasteiger charge is 2.20. The zero-order valence-corrected chi connectivity index (χ0v) is 18.8. The first-order chi connectivity index (χ1) is 16.4. The fourth-order valence-electron chi connectivity index (χ4n) is 3.65. The Morgan fingerprint density at radius 3 is 2.38 bits per heavy atom. The molecule has 34 heavy (non-hydrogen) atoms. The Bertz CT molecular complexity index is 1300. The number of benzene rings is 3. The van der Waals surface area contributed by atoms with Crippen molar-refractivity contribution in [2.75, 3.05) is 5.32 Å². The predicted molar refractivity (Wildman–Crippen MR) is 128 cm³/mol. The van der Waals surface area contributed by atoms with Gasteiger partial charge in [0.1, 0.15) is 17.5 Å². The van der Waals surface area contributed by atoms with E-state index in [4.69, 9.17) is 14.4 Å². The van der Waals surface area contributed by atoms with Crippen LogP contribution in [0.2, 0.25) is 0 Å². The lowest BCUT2D eigenvalue weighted by molar-refractivity contribution is -0.136. The average molecular weight is 456 g/mol. The van der Waals surface area contributed by atoms with Gasteiger partial charge in [0.05, 0.1) is 6.42 Å². The highest BCUT2D eigenvalue weighted by molar-refractivity contribution is 5.91. The molecule has 1 aromatic heterocycles. The molecule has 1 atom stereocenters. The molecule has 172 valence electrons. The zero-order valence-electron chi connectivity index (χ0n) is 18.8. The Morgan fingerprint density at radius 1 is 0.971 bits per heavy atom. The van der Waals surface area contributed by atoms with Crippen LogP contribution < -0.4 is 5.32 Å². The van der Waals surface area contributed by atoms with Gasteiger partial charge in [-0.2, -0.15) is 0 Å². The van der Waals surface area contributed by atoms with Gasteiger partial charge in [0, 0.05) is 5.56 Å². The minimum absolute atomic E-state index is 0.0305. The number of nitrogens with zero attached hydrogens (tertiary/aromatic N) is 1. The molecule has 0 saturated heterocycles. The summed E-state index contributed by atoms with van der Waals surface area (Å²) in [5.74, 6) is -0.446. The van der Waals surface area contributed by atoms with E-state index in [-0.39, 0.29) is 6.42 Å². The maximum Gasteiger partial charge on any atom is 0.412 e. The lowest BCUT2D eigenvalue weighted by Crippen LogP contribution is -2.16. The second kappa shape index (κ2) is 10.0. The largest absolute Gasteiger partial charge is 0.481 e. The van der Waals surface area contributed by atoms with Crippen molar-refractivity contribution in [3.8, 4) is 22.5 Å². The van der Waals surface area contributed by atoms with Crippen LogP contribution >= 0.6 is 0 Å². The van der Waals surface area contributed by atoms with Crippen molar-refractivity contribution < 1.29 is 24.0 Å². The molecule has 0 unspecified atom stereocenters. The summed E-state index contributed by atoms with van der Waals surface area (Å²) < 4.78 is 11.0. The third-order valence-electron chi connectivity index (χ3n) is 5.41. The van der Waals surface area contributed by atoms with Crippen molar-refractivity contribution >= 4 is 17.7 Å². The summed E-state index contributed by atoms with van der Waals surface area (Å²) >= 11 is 0. The number of hydrogen-bond donors (Lipinski definition) is 2. The molecule has 7 nitrogen and oxygen atoms in total. The van der Waals surface area contributed by atoms with Crippen LogP contribution in [0.3, 0.4) is 0 Å². The number of anilines is 1. The molecule has 2 N–H and O–H groups in total. The second-order valence-corrected chi connectivity index (χ2v) is 7.90. The van der Waals surface area contributed by atoms with Crippen LogP contribution in [0.1, 0.15) is 29.8 Å². The summed E-state index contributed by atoms with van der Waals surface area (Å²) in [4.78, 5) is 23.5. The molecule has 0 aliphatic rings. The summed E-state index contributed by atoms with van der Waals surface area (Å²) in [5, 5.41) is 15.8. The van der Waals surface area contributed by atoms with Crippen LogP contribution in [0.15, 0.2) is 83.4 Å². The van der Waals surface area contributed by atoms with Gasteiger partial charge in [0.2, 0.25) is 0 Å². The van der Waals surface area contributed by atoms with E-state index >= 15 is 0 Å². The van der Waals surface area contributed by atoms with E-state index < -0.39 is 18.2 Å². The van der Waals surface area contributed by atoms with Gasteiger partial charge in [-0.15, -0.1) is 0 Å². The number of aryl methyl sites for hydroxylation is 1. The van der Waals surface area contributed by atoms with Gasteiger partial charge < -0.3 is 14.4 Å². The smallest absolute Gasteiger partial charge is 0.412 e. The molecule has 0 fully saturated rings. The second-order valence-electron chi connectivity index (χ2n) is 7.90. The molecular formula is C27H24N2O5. The number of carbonyl (C=O) groups is 2. The van der Waals surface area contributed by atoms with E-state index in [9.17, 15) is 9.59 Å². The molecule has 0 spiro atoms.